The Morgan fingerprint density at radius 2 is 1.90 bits per heavy atom. The molecule has 0 atom stereocenters. The van der Waals surface area contributed by atoms with E-state index in [2.05, 4.69) is 6.92 Å². The molecule has 0 aromatic carbocycles. The third kappa shape index (κ3) is 2.24. The van der Waals surface area contributed by atoms with Crippen LogP contribution in [0, 0.1) is 43.8 Å². The molecule has 0 aromatic rings. The molecule has 0 unspecified atom stereocenters. The van der Waals surface area contributed by atoms with Crippen molar-refractivity contribution in [1.82, 2.24) is 4.90 Å². The average molecular weight is 303 g/mol. The molecular formula is C5H6F2NOTm-. The van der Waals surface area contributed by atoms with Crippen molar-refractivity contribution in [3.63, 3.8) is 0 Å². The molecule has 0 aliphatic carbocycles. The summed E-state index contributed by atoms with van der Waals surface area (Å²) in [7, 11) is 0. The molecule has 0 N–H and O–H groups in total. The van der Waals surface area contributed by atoms with Crippen molar-refractivity contribution >= 4 is 5.91 Å². The Morgan fingerprint density at radius 1 is 1.50 bits per heavy atom. The molecule has 1 saturated heterocycles. The minimum atomic E-state index is -2.66. The molecule has 10 heavy (non-hydrogen) atoms. The van der Waals surface area contributed by atoms with Gasteiger partial charge in [0.2, 0.25) is 0 Å². The monoisotopic (exact) mass is 303 g/mol. The maximum Gasteiger partial charge on any atom is 0.282 e. The molecular weight excluding hydrogens is 297 g/mol. The van der Waals surface area contributed by atoms with Crippen molar-refractivity contribution in [3.05, 3.63) is 6.92 Å². The predicted molar refractivity (Wildman–Crippen MR) is 26.9 cm³/mol. The summed E-state index contributed by atoms with van der Waals surface area (Å²) >= 11 is 0. The Kier molecular flexibility index (Phi) is 3.36. The number of carbonyl (C=O) groups excluding carboxylic acids is 1. The van der Waals surface area contributed by atoms with Crippen LogP contribution in [0.15, 0.2) is 0 Å². The number of rotatable bonds is 0. The van der Waals surface area contributed by atoms with Crippen LogP contribution in [0.3, 0.4) is 0 Å². The van der Waals surface area contributed by atoms with Gasteiger partial charge in [0, 0.05) is 36.9 Å². The van der Waals surface area contributed by atoms with Crippen LogP contribution in [0.4, 0.5) is 8.78 Å². The average Bonchev–Trinajstić information content (AvgIpc) is 1.59. The van der Waals surface area contributed by atoms with E-state index in [9.17, 15) is 13.6 Å². The van der Waals surface area contributed by atoms with Gasteiger partial charge in [-0.3, -0.25) is 0 Å². The second-order valence-corrected chi connectivity index (χ2v) is 2.11. The van der Waals surface area contributed by atoms with E-state index in [1.807, 2.05) is 0 Å². The second-order valence-electron chi connectivity index (χ2n) is 2.11. The van der Waals surface area contributed by atoms with Gasteiger partial charge in [-0.2, -0.15) is 0 Å². The van der Waals surface area contributed by atoms with Crippen molar-refractivity contribution in [2.75, 3.05) is 13.1 Å². The normalized spacial score (nSPS) is 20.8. The first kappa shape index (κ1) is 10.4. The number of hydrogen-bond donors (Lipinski definition) is 0. The number of amides is 1. The molecule has 0 saturated carbocycles. The first-order chi connectivity index (χ1) is 4.01. The minimum Gasteiger partial charge on any atom is -0.355 e. The first-order valence-corrected chi connectivity index (χ1v) is 2.50. The quantitative estimate of drug-likeness (QED) is 0.589. The van der Waals surface area contributed by atoms with Crippen LogP contribution in [0.1, 0.15) is 0 Å². The van der Waals surface area contributed by atoms with E-state index < -0.39 is 24.9 Å². The Bertz CT molecular complexity index is 143. The fourth-order valence-corrected chi connectivity index (χ4v) is 0.689. The van der Waals surface area contributed by atoms with Gasteiger partial charge in [-0.15, -0.1) is 0 Å². The van der Waals surface area contributed by atoms with E-state index in [0.29, 0.717) is 0 Å². The van der Waals surface area contributed by atoms with Crippen molar-refractivity contribution in [1.29, 1.82) is 0 Å². The summed E-state index contributed by atoms with van der Waals surface area (Å²) in [6, 6.07) is 0. The fourth-order valence-electron chi connectivity index (χ4n) is 0.689. The van der Waals surface area contributed by atoms with Crippen molar-refractivity contribution < 1.29 is 50.5 Å². The zero-order valence-electron chi connectivity index (χ0n) is 5.01. The first-order valence-electron chi connectivity index (χ1n) is 2.50. The second kappa shape index (κ2) is 3.22. The molecule has 1 heterocycles. The van der Waals surface area contributed by atoms with Gasteiger partial charge in [0.15, 0.2) is 0 Å². The number of likely N-dealkylation sites (tertiary alicyclic amines) is 1. The Morgan fingerprint density at radius 3 is 2.00 bits per heavy atom. The molecule has 0 bridgehead atoms. The molecule has 1 aliphatic heterocycles. The fraction of sp³-hybridized carbons (Fsp3) is 0.600. The molecule has 65 valence electrons. The van der Waals surface area contributed by atoms with Gasteiger partial charge in [0.1, 0.15) is 0 Å². The van der Waals surface area contributed by atoms with Crippen molar-refractivity contribution in [3.8, 4) is 0 Å². The smallest absolute Gasteiger partial charge is 0.282 e. The number of carbonyl (C=O) groups is 1. The van der Waals surface area contributed by atoms with Crippen LogP contribution in [-0.2, 0) is 4.79 Å². The number of halogens is 2. The standard InChI is InChI=1S/C5H6F2NO.Tm/c1-4(9)8-2-5(6,7)3-8;/h1-3H2;/q-1;. The summed E-state index contributed by atoms with van der Waals surface area (Å²) in [5.74, 6) is -3.19. The molecule has 1 radical (unpaired) electrons. The minimum absolute atomic E-state index is 0. The summed E-state index contributed by atoms with van der Waals surface area (Å²) < 4.78 is 23.9. The third-order valence-corrected chi connectivity index (χ3v) is 1.20. The molecule has 1 aliphatic rings. The molecule has 2 nitrogen and oxygen atoms in total. The molecule has 0 spiro atoms. The molecule has 5 heteroatoms. The van der Waals surface area contributed by atoms with Crippen LogP contribution in [0.5, 0.6) is 0 Å². The van der Waals surface area contributed by atoms with Gasteiger partial charge in [0.05, 0.1) is 19.0 Å². The zero-order chi connectivity index (χ0) is 7.07. The summed E-state index contributed by atoms with van der Waals surface area (Å²) in [5, 5.41) is 0. The number of nitrogens with zero attached hydrogens (tertiary/aromatic N) is 1. The van der Waals surface area contributed by atoms with Crippen LogP contribution in [0.2, 0.25) is 0 Å². The summed E-state index contributed by atoms with van der Waals surface area (Å²) in [5.41, 5.74) is 0. The predicted octanol–water partition coefficient (Wildman–Crippen LogP) is 0.298. The summed E-state index contributed by atoms with van der Waals surface area (Å²) in [4.78, 5) is 11.2. The summed E-state index contributed by atoms with van der Waals surface area (Å²) in [6.07, 6.45) is 0. The van der Waals surface area contributed by atoms with Gasteiger partial charge >= 0.3 is 0 Å². The number of alkyl halides is 2. The Balaban J connectivity index is 0.000000810. The van der Waals surface area contributed by atoms with E-state index >= 15 is 0 Å². The Hall–Kier alpha value is 0.434. The topological polar surface area (TPSA) is 20.3 Å². The van der Waals surface area contributed by atoms with E-state index in [-0.39, 0.29) is 36.9 Å². The zero-order valence-corrected chi connectivity index (χ0v) is 6.79. The largest absolute Gasteiger partial charge is 0.355 e. The molecule has 1 amide bonds. The van der Waals surface area contributed by atoms with Gasteiger partial charge in [-0.25, -0.2) is 8.78 Å². The molecule has 0 aromatic heterocycles. The van der Waals surface area contributed by atoms with Crippen LogP contribution in [0.25, 0.3) is 0 Å². The van der Waals surface area contributed by atoms with Gasteiger partial charge in [-0.1, -0.05) is 0 Å². The van der Waals surface area contributed by atoms with Crippen LogP contribution >= 0.6 is 0 Å². The van der Waals surface area contributed by atoms with Gasteiger partial charge in [-0.05, 0) is 0 Å². The third-order valence-electron chi connectivity index (χ3n) is 1.20. The number of hydrogen-bond acceptors (Lipinski definition) is 1. The van der Waals surface area contributed by atoms with E-state index in [1.54, 1.807) is 0 Å². The summed E-state index contributed by atoms with van der Waals surface area (Å²) in [6.45, 7) is 2.05. The Labute approximate surface area is 86.7 Å². The molecule has 1 fully saturated rings. The van der Waals surface area contributed by atoms with Crippen LogP contribution in [-0.4, -0.2) is 29.8 Å². The maximum atomic E-state index is 11.9. The van der Waals surface area contributed by atoms with Crippen LogP contribution < -0.4 is 0 Å². The van der Waals surface area contributed by atoms with E-state index in [0.717, 1.165) is 4.90 Å². The van der Waals surface area contributed by atoms with E-state index in [1.165, 1.54) is 0 Å². The van der Waals surface area contributed by atoms with E-state index in [4.69, 9.17) is 0 Å². The van der Waals surface area contributed by atoms with Gasteiger partial charge < -0.3 is 16.6 Å². The SMILES string of the molecule is [CH2-]C(=O)N1CC(F)(F)C1.[Tm]. The van der Waals surface area contributed by atoms with Crippen molar-refractivity contribution in [2.45, 2.75) is 5.92 Å². The molecule has 1 rings (SSSR count). The maximum absolute atomic E-state index is 11.9. The van der Waals surface area contributed by atoms with Gasteiger partial charge in [0.25, 0.3) is 5.92 Å². The van der Waals surface area contributed by atoms with Crippen molar-refractivity contribution in [2.24, 2.45) is 0 Å².